The van der Waals surface area contributed by atoms with Crippen molar-refractivity contribution >= 4 is 66.3 Å². The van der Waals surface area contributed by atoms with Gasteiger partial charge in [0.1, 0.15) is 17.5 Å². The van der Waals surface area contributed by atoms with Crippen LogP contribution in [-0.2, 0) is 12.0 Å². The Kier molecular flexibility index (Phi) is 8.43. The van der Waals surface area contributed by atoms with Crippen molar-refractivity contribution in [2.45, 2.75) is 32.8 Å². The first-order valence-corrected chi connectivity index (χ1v) is 13.6. The molecule has 12 heteroatoms. The van der Waals surface area contributed by atoms with Gasteiger partial charge in [0.2, 0.25) is 0 Å². The summed E-state index contributed by atoms with van der Waals surface area (Å²) in [5.74, 6) is 1.06. The van der Waals surface area contributed by atoms with E-state index >= 15 is 0 Å². The molecular weight excluding hydrogens is 656 g/mol. The van der Waals surface area contributed by atoms with Crippen LogP contribution >= 0.6 is 43.5 Å². The summed E-state index contributed by atoms with van der Waals surface area (Å²) in [6.07, 6.45) is 1.49. The van der Waals surface area contributed by atoms with Crippen LogP contribution in [0.4, 0.5) is 5.69 Å². The molecule has 0 unspecified atom stereocenters. The lowest BCUT2D eigenvalue weighted by atomic mass is 9.95. The minimum Gasteiger partial charge on any atom is -0.493 e. The third kappa shape index (κ3) is 6.15. The fourth-order valence-corrected chi connectivity index (χ4v) is 4.78. The number of ether oxygens (including phenoxy) is 2. The SMILES string of the molecule is COc1cc(C=Nn2c(C(C)(C)C)nc3ccc(Br)cc3c2=O)c(Br)c(Cl)c1OCc1cccc([N+](=O)[O-])c1. The largest absolute Gasteiger partial charge is 0.493 e. The summed E-state index contributed by atoms with van der Waals surface area (Å²) in [5.41, 5.74) is 0.870. The number of aromatic nitrogens is 2. The highest BCUT2D eigenvalue weighted by Crippen LogP contribution is 2.42. The van der Waals surface area contributed by atoms with Crippen molar-refractivity contribution in [3.05, 3.63) is 99.9 Å². The standard InChI is InChI=1S/C27H23Br2ClN4O5/c1-27(2,3)26-32-20-9-8-17(28)12-19(20)25(35)33(26)31-13-16-11-21(38-4)24(23(30)22(16)29)39-14-15-6-5-7-18(10-15)34(36)37/h5-13H,14H2,1-4H3. The second-order valence-electron chi connectivity index (χ2n) is 9.55. The van der Waals surface area contributed by atoms with Crippen molar-refractivity contribution < 1.29 is 14.4 Å². The smallest absolute Gasteiger partial charge is 0.282 e. The Morgan fingerprint density at radius 2 is 1.92 bits per heavy atom. The summed E-state index contributed by atoms with van der Waals surface area (Å²) in [6.45, 7) is 5.89. The van der Waals surface area contributed by atoms with Gasteiger partial charge >= 0.3 is 0 Å². The van der Waals surface area contributed by atoms with Crippen LogP contribution in [0.2, 0.25) is 5.02 Å². The van der Waals surface area contributed by atoms with E-state index in [1.807, 2.05) is 26.8 Å². The lowest BCUT2D eigenvalue weighted by Crippen LogP contribution is -2.29. The molecule has 0 saturated carbocycles. The first-order chi connectivity index (χ1) is 18.4. The van der Waals surface area contributed by atoms with Crippen molar-refractivity contribution in [2.24, 2.45) is 5.10 Å². The number of nitrogens with zero attached hydrogens (tertiary/aromatic N) is 4. The molecule has 0 atom stereocenters. The van der Waals surface area contributed by atoms with Gasteiger partial charge in [0.05, 0.1) is 29.2 Å². The van der Waals surface area contributed by atoms with E-state index in [-0.39, 0.29) is 28.6 Å². The third-order valence-electron chi connectivity index (χ3n) is 5.67. The molecule has 202 valence electrons. The van der Waals surface area contributed by atoms with Crippen molar-refractivity contribution in [3.63, 3.8) is 0 Å². The van der Waals surface area contributed by atoms with Crippen LogP contribution < -0.4 is 15.0 Å². The van der Waals surface area contributed by atoms with Gasteiger partial charge in [-0.2, -0.15) is 9.78 Å². The van der Waals surface area contributed by atoms with Crippen molar-refractivity contribution in [2.75, 3.05) is 7.11 Å². The summed E-state index contributed by atoms with van der Waals surface area (Å²) in [6, 6.07) is 13.1. The number of rotatable bonds is 7. The molecule has 1 aromatic heterocycles. The lowest BCUT2D eigenvalue weighted by Gasteiger charge is -2.21. The molecule has 4 aromatic rings. The second-order valence-corrected chi connectivity index (χ2v) is 11.6. The molecule has 0 aliphatic carbocycles. The summed E-state index contributed by atoms with van der Waals surface area (Å²) < 4.78 is 13.9. The molecule has 1 heterocycles. The molecule has 9 nitrogen and oxygen atoms in total. The number of nitro benzene ring substituents is 1. The van der Waals surface area contributed by atoms with Gasteiger partial charge in [0.25, 0.3) is 11.2 Å². The topological polar surface area (TPSA) is 109 Å². The van der Waals surface area contributed by atoms with Crippen LogP contribution in [0.15, 0.2) is 67.4 Å². The highest BCUT2D eigenvalue weighted by Gasteiger charge is 2.23. The molecule has 3 aromatic carbocycles. The Labute approximate surface area is 245 Å². The van der Waals surface area contributed by atoms with Crippen molar-refractivity contribution in [3.8, 4) is 11.5 Å². The Balaban J connectivity index is 1.74. The predicted octanol–water partition coefficient (Wildman–Crippen LogP) is 7.25. The van der Waals surface area contributed by atoms with E-state index in [1.54, 1.807) is 30.3 Å². The Bertz CT molecular complexity index is 1680. The molecule has 0 bridgehead atoms. The molecule has 4 rings (SSSR count). The highest BCUT2D eigenvalue weighted by atomic mass is 79.9. The first kappa shape index (κ1) is 28.7. The first-order valence-electron chi connectivity index (χ1n) is 11.6. The van der Waals surface area contributed by atoms with Gasteiger partial charge in [-0.15, -0.1) is 0 Å². The highest BCUT2D eigenvalue weighted by molar-refractivity contribution is 9.10. The molecule has 39 heavy (non-hydrogen) atoms. The predicted molar refractivity (Wildman–Crippen MR) is 159 cm³/mol. The number of fused-ring (bicyclic) bond motifs is 1. The summed E-state index contributed by atoms with van der Waals surface area (Å²) in [4.78, 5) is 28.8. The van der Waals surface area contributed by atoms with Crippen LogP contribution in [0, 0.1) is 10.1 Å². The van der Waals surface area contributed by atoms with Gasteiger partial charge < -0.3 is 9.47 Å². The van der Waals surface area contributed by atoms with Gasteiger partial charge in [-0.25, -0.2) is 4.98 Å². The van der Waals surface area contributed by atoms with Crippen LogP contribution in [0.3, 0.4) is 0 Å². The molecule has 0 aliphatic heterocycles. The minimum absolute atomic E-state index is 0.0281. The van der Waals surface area contributed by atoms with E-state index < -0.39 is 10.3 Å². The van der Waals surface area contributed by atoms with Crippen LogP contribution in [0.5, 0.6) is 11.5 Å². The van der Waals surface area contributed by atoms with E-state index in [0.717, 1.165) is 4.47 Å². The van der Waals surface area contributed by atoms with E-state index in [0.29, 0.717) is 38.1 Å². The molecule has 0 saturated heterocycles. The van der Waals surface area contributed by atoms with Gasteiger partial charge in [-0.3, -0.25) is 14.9 Å². The zero-order valence-electron chi connectivity index (χ0n) is 21.4. The average molecular weight is 679 g/mol. The number of non-ortho nitro benzene ring substituents is 1. The van der Waals surface area contributed by atoms with Gasteiger partial charge in [-0.1, -0.05) is 60.4 Å². The summed E-state index contributed by atoms with van der Waals surface area (Å²) in [5, 5.41) is 16.2. The number of benzene rings is 3. The molecular formula is C27H23Br2ClN4O5. The average Bonchev–Trinajstić information content (AvgIpc) is 2.89. The lowest BCUT2D eigenvalue weighted by molar-refractivity contribution is -0.384. The number of hydrogen-bond donors (Lipinski definition) is 0. The molecule has 0 fully saturated rings. The van der Waals surface area contributed by atoms with E-state index in [4.69, 9.17) is 26.1 Å². The number of nitro groups is 1. The normalized spacial score (nSPS) is 11.8. The van der Waals surface area contributed by atoms with Gasteiger partial charge in [0.15, 0.2) is 11.5 Å². The molecule has 0 amide bonds. The zero-order chi connectivity index (χ0) is 28.5. The van der Waals surface area contributed by atoms with Gasteiger partial charge in [0, 0.05) is 32.1 Å². The Hall–Kier alpha value is -3.28. The van der Waals surface area contributed by atoms with E-state index in [2.05, 4.69) is 37.0 Å². The fraction of sp³-hybridized carbons (Fsp3) is 0.222. The van der Waals surface area contributed by atoms with Crippen molar-refractivity contribution in [1.29, 1.82) is 0 Å². The molecule has 0 radical (unpaired) electrons. The van der Waals surface area contributed by atoms with Crippen LogP contribution in [0.25, 0.3) is 10.9 Å². The maximum atomic E-state index is 13.4. The van der Waals surface area contributed by atoms with E-state index in [1.165, 1.54) is 30.1 Å². The quantitative estimate of drug-likeness (QED) is 0.116. The number of halogens is 3. The minimum atomic E-state index is -0.478. The number of hydrogen-bond acceptors (Lipinski definition) is 7. The van der Waals surface area contributed by atoms with Crippen molar-refractivity contribution in [1.82, 2.24) is 9.66 Å². The fourth-order valence-electron chi connectivity index (χ4n) is 3.76. The monoisotopic (exact) mass is 676 g/mol. The maximum Gasteiger partial charge on any atom is 0.282 e. The Morgan fingerprint density at radius 3 is 2.59 bits per heavy atom. The Morgan fingerprint density at radius 1 is 1.18 bits per heavy atom. The van der Waals surface area contributed by atoms with Gasteiger partial charge in [-0.05, 0) is 45.8 Å². The molecule has 0 N–H and O–H groups in total. The molecule has 0 spiro atoms. The van der Waals surface area contributed by atoms with Crippen LogP contribution in [-0.4, -0.2) is 27.9 Å². The van der Waals surface area contributed by atoms with E-state index in [9.17, 15) is 14.9 Å². The number of methoxy groups -OCH3 is 1. The zero-order valence-corrected chi connectivity index (χ0v) is 25.3. The maximum absolute atomic E-state index is 13.4. The summed E-state index contributed by atoms with van der Waals surface area (Å²) in [7, 11) is 1.47. The summed E-state index contributed by atoms with van der Waals surface area (Å²) >= 11 is 13.5. The second kappa shape index (κ2) is 11.4. The molecule has 0 aliphatic rings. The third-order valence-corrected chi connectivity index (χ3v) is 7.61. The van der Waals surface area contributed by atoms with Crippen LogP contribution in [0.1, 0.15) is 37.7 Å².